The van der Waals surface area contributed by atoms with Crippen LogP contribution in [0.25, 0.3) is 0 Å². The van der Waals surface area contributed by atoms with Crippen LogP contribution in [0.5, 0.6) is 0 Å². The van der Waals surface area contributed by atoms with Crippen LogP contribution in [-0.2, 0) is 18.3 Å². The van der Waals surface area contributed by atoms with Gasteiger partial charge >= 0.3 is 0 Å². The predicted octanol–water partition coefficient (Wildman–Crippen LogP) is 2.88. The number of imidazole rings is 1. The Kier molecular flexibility index (Phi) is 3.97. The molecule has 1 unspecified atom stereocenters. The summed E-state index contributed by atoms with van der Waals surface area (Å²) in [5, 5.41) is 3.75. The first-order chi connectivity index (χ1) is 10.1. The van der Waals surface area contributed by atoms with Crippen LogP contribution in [0.1, 0.15) is 30.3 Å². The van der Waals surface area contributed by atoms with Gasteiger partial charge in [0.25, 0.3) is 0 Å². The molecule has 1 fully saturated rings. The lowest BCUT2D eigenvalue weighted by molar-refractivity contribution is -0.121. The van der Waals surface area contributed by atoms with Gasteiger partial charge in [0.15, 0.2) is 0 Å². The third-order valence-electron chi connectivity index (χ3n) is 3.86. The van der Waals surface area contributed by atoms with Crippen molar-refractivity contribution in [1.82, 2.24) is 14.9 Å². The Morgan fingerprint density at radius 2 is 2.24 bits per heavy atom. The molecule has 1 aromatic heterocycles. The SMILES string of the molecule is Cn1ccnc1C(NC(=O)Cc1ccccc1Cl)C1CC1. The lowest BCUT2D eigenvalue weighted by Crippen LogP contribution is -2.32. The monoisotopic (exact) mass is 303 g/mol. The summed E-state index contributed by atoms with van der Waals surface area (Å²) in [4.78, 5) is 16.7. The van der Waals surface area contributed by atoms with E-state index in [1.165, 1.54) is 0 Å². The van der Waals surface area contributed by atoms with Gasteiger partial charge in [-0.1, -0.05) is 29.8 Å². The molecule has 2 aromatic rings. The van der Waals surface area contributed by atoms with Gasteiger partial charge in [0.05, 0.1) is 12.5 Å². The average Bonchev–Trinajstić information content (AvgIpc) is 3.21. The molecule has 110 valence electrons. The molecule has 1 aliphatic rings. The summed E-state index contributed by atoms with van der Waals surface area (Å²) in [6.45, 7) is 0. The van der Waals surface area contributed by atoms with Crippen LogP contribution in [-0.4, -0.2) is 15.5 Å². The van der Waals surface area contributed by atoms with Gasteiger partial charge in [-0.15, -0.1) is 0 Å². The number of carbonyl (C=O) groups excluding carboxylic acids is 1. The highest BCUT2D eigenvalue weighted by atomic mass is 35.5. The Labute approximate surface area is 129 Å². The van der Waals surface area contributed by atoms with E-state index in [2.05, 4.69) is 10.3 Å². The number of nitrogens with one attached hydrogen (secondary N) is 1. The van der Waals surface area contributed by atoms with E-state index in [9.17, 15) is 4.79 Å². The van der Waals surface area contributed by atoms with Crippen molar-refractivity contribution in [3.05, 3.63) is 53.1 Å². The molecule has 0 bridgehead atoms. The summed E-state index contributed by atoms with van der Waals surface area (Å²) < 4.78 is 1.97. The van der Waals surface area contributed by atoms with Crippen LogP contribution in [0.4, 0.5) is 0 Å². The zero-order valence-corrected chi connectivity index (χ0v) is 12.7. The molecule has 1 N–H and O–H groups in total. The molecule has 21 heavy (non-hydrogen) atoms. The van der Waals surface area contributed by atoms with Crippen molar-refractivity contribution in [2.24, 2.45) is 13.0 Å². The van der Waals surface area contributed by atoms with Gasteiger partial charge < -0.3 is 9.88 Å². The zero-order valence-electron chi connectivity index (χ0n) is 11.9. The number of aryl methyl sites for hydroxylation is 1. The highest BCUT2D eigenvalue weighted by molar-refractivity contribution is 6.31. The number of aromatic nitrogens is 2. The Balaban J connectivity index is 1.70. The van der Waals surface area contributed by atoms with Crippen molar-refractivity contribution in [1.29, 1.82) is 0 Å². The van der Waals surface area contributed by atoms with Crippen LogP contribution in [0.15, 0.2) is 36.7 Å². The lowest BCUT2D eigenvalue weighted by Gasteiger charge is -2.18. The second kappa shape index (κ2) is 5.90. The number of rotatable bonds is 5. The first-order valence-corrected chi connectivity index (χ1v) is 7.53. The molecule has 5 heteroatoms. The van der Waals surface area contributed by atoms with Crippen LogP contribution in [0.2, 0.25) is 5.02 Å². The van der Waals surface area contributed by atoms with Crippen LogP contribution in [0.3, 0.4) is 0 Å². The minimum Gasteiger partial charge on any atom is -0.346 e. The van der Waals surface area contributed by atoms with E-state index in [4.69, 9.17) is 11.6 Å². The number of hydrogen-bond donors (Lipinski definition) is 1. The Hall–Kier alpha value is -1.81. The quantitative estimate of drug-likeness (QED) is 0.923. The first-order valence-electron chi connectivity index (χ1n) is 7.15. The van der Waals surface area contributed by atoms with Gasteiger partial charge in [-0.2, -0.15) is 0 Å². The molecule has 4 nitrogen and oxygen atoms in total. The number of carbonyl (C=O) groups is 1. The molecular weight excluding hydrogens is 286 g/mol. The van der Waals surface area contributed by atoms with Gasteiger partial charge in [-0.25, -0.2) is 4.98 Å². The minimum atomic E-state index is -0.0111. The van der Waals surface area contributed by atoms with Crippen LogP contribution < -0.4 is 5.32 Å². The topological polar surface area (TPSA) is 46.9 Å². The van der Waals surface area contributed by atoms with E-state index in [-0.39, 0.29) is 11.9 Å². The van der Waals surface area contributed by atoms with Crippen molar-refractivity contribution in [3.63, 3.8) is 0 Å². The van der Waals surface area contributed by atoms with Crippen molar-refractivity contribution in [3.8, 4) is 0 Å². The molecule has 0 radical (unpaired) electrons. The highest BCUT2D eigenvalue weighted by Crippen LogP contribution is 2.40. The first kappa shape index (κ1) is 14.1. The van der Waals surface area contributed by atoms with E-state index in [0.29, 0.717) is 17.4 Å². The van der Waals surface area contributed by atoms with Crippen LogP contribution in [0, 0.1) is 5.92 Å². The second-order valence-corrected chi connectivity index (χ2v) is 5.95. The minimum absolute atomic E-state index is 0.0000113. The maximum atomic E-state index is 12.3. The van der Waals surface area contributed by atoms with Gasteiger partial charge in [0, 0.05) is 24.5 Å². The standard InChI is InChI=1S/C16H18ClN3O/c1-20-9-8-18-16(20)15(11-6-7-11)19-14(21)10-12-4-2-3-5-13(12)17/h2-5,8-9,11,15H,6-7,10H2,1H3,(H,19,21). The van der Waals surface area contributed by atoms with Crippen molar-refractivity contribution in [2.45, 2.75) is 25.3 Å². The Morgan fingerprint density at radius 1 is 1.48 bits per heavy atom. The molecule has 1 heterocycles. The molecule has 1 atom stereocenters. The van der Waals surface area contributed by atoms with Crippen molar-refractivity contribution >= 4 is 17.5 Å². The molecule has 1 saturated carbocycles. The van der Waals surface area contributed by atoms with E-state index in [0.717, 1.165) is 24.2 Å². The van der Waals surface area contributed by atoms with Crippen LogP contribution >= 0.6 is 11.6 Å². The summed E-state index contributed by atoms with van der Waals surface area (Å²) in [7, 11) is 1.96. The number of nitrogens with zero attached hydrogens (tertiary/aromatic N) is 2. The number of benzene rings is 1. The molecule has 0 spiro atoms. The smallest absolute Gasteiger partial charge is 0.225 e. The van der Waals surface area contributed by atoms with Crippen molar-refractivity contribution < 1.29 is 4.79 Å². The second-order valence-electron chi connectivity index (χ2n) is 5.55. The largest absolute Gasteiger partial charge is 0.346 e. The Bertz CT molecular complexity index is 648. The van der Waals surface area contributed by atoms with E-state index in [1.54, 1.807) is 12.3 Å². The normalized spacial score (nSPS) is 15.7. The molecular formula is C16H18ClN3O. The fraction of sp³-hybridized carbons (Fsp3) is 0.375. The third-order valence-corrected chi connectivity index (χ3v) is 4.22. The van der Waals surface area contributed by atoms with Gasteiger partial charge in [-0.05, 0) is 30.4 Å². The molecule has 1 aromatic carbocycles. The molecule has 3 rings (SSSR count). The summed E-state index contributed by atoms with van der Waals surface area (Å²) in [5.74, 6) is 1.41. The van der Waals surface area contributed by atoms with Gasteiger partial charge in [0.1, 0.15) is 5.82 Å². The molecule has 0 saturated heterocycles. The number of amides is 1. The molecule has 1 amide bonds. The molecule has 0 aliphatic heterocycles. The zero-order chi connectivity index (χ0) is 14.8. The number of halogens is 1. The lowest BCUT2D eigenvalue weighted by atomic mass is 10.1. The summed E-state index contributed by atoms with van der Waals surface area (Å²) in [6, 6.07) is 7.45. The maximum Gasteiger partial charge on any atom is 0.225 e. The fourth-order valence-corrected chi connectivity index (χ4v) is 2.74. The van der Waals surface area contributed by atoms with E-state index >= 15 is 0 Å². The maximum absolute atomic E-state index is 12.3. The summed E-state index contributed by atoms with van der Waals surface area (Å²) in [6.07, 6.45) is 6.26. The highest BCUT2D eigenvalue weighted by Gasteiger charge is 2.35. The van der Waals surface area contributed by atoms with Gasteiger partial charge in [0.2, 0.25) is 5.91 Å². The Morgan fingerprint density at radius 3 is 2.86 bits per heavy atom. The predicted molar refractivity (Wildman–Crippen MR) is 82.0 cm³/mol. The summed E-state index contributed by atoms with van der Waals surface area (Å²) in [5.41, 5.74) is 0.853. The van der Waals surface area contributed by atoms with Crippen molar-refractivity contribution in [2.75, 3.05) is 0 Å². The summed E-state index contributed by atoms with van der Waals surface area (Å²) >= 11 is 6.11. The third kappa shape index (κ3) is 3.27. The average molecular weight is 304 g/mol. The van der Waals surface area contributed by atoms with E-state index in [1.807, 2.05) is 36.0 Å². The van der Waals surface area contributed by atoms with E-state index < -0.39 is 0 Å². The van der Waals surface area contributed by atoms with Gasteiger partial charge in [-0.3, -0.25) is 4.79 Å². The molecule has 1 aliphatic carbocycles. The fourth-order valence-electron chi connectivity index (χ4n) is 2.54. The number of hydrogen-bond acceptors (Lipinski definition) is 2.